The van der Waals surface area contributed by atoms with Crippen LogP contribution < -0.4 is 5.32 Å². The van der Waals surface area contributed by atoms with E-state index >= 15 is 0 Å². The van der Waals surface area contributed by atoms with E-state index in [9.17, 15) is 0 Å². The number of rotatable bonds is 10. The van der Waals surface area contributed by atoms with Crippen LogP contribution in [-0.2, 0) is 6.54 Å². The second-order valence-corrected chi connectivity index (χ2v) is 5.74. The van der Waals surface area contributed by atoms with Crippen LogP contribution in [0.2, 0.25) is 0 Å². The molecule has 0 amide bonds. The van der Waals surface area contributed by atoms with E-state index in [2.05, 4.69) is 35.3 Å². The highest BCUT2D eigenvalue weighted by Gasteiger charge is 2.32. The molecule has 1 atom stereocenters. The van der Waals surface area contributed by atoms with Gasteiger partial charge in [-0.3, -0.25) is 0 Å². The molecule has 3 nitrogen and oxygen atoms in total. The lowest BCUT2D eigenvalue weighted by molar-refractivity contribution is 0.282. The summed E-state index contributed by atoms with van der Waals surface area (Å²) in [5.41, 5.74) is 1.46. The topological polar surface area (TPSA) is 37.2 Å². The zero-order valence-corrected chi connectivity index (χ0v) is 12.1. The van der Waals surface area contributed by atoms with Crippen LogP contribution >= 0.6 is 0 Å². The maximum Gasteiger partial charge on any atom is 0.0431 e. The van der Waals surface area contributed by atoms with Crippen molar-refractivity contribution in [1.82, 2.24) is 9.88 Å². The fourth-order valence-corrected chi connectivity index (χ4v) is 2.65. The number of nitrogens with one attached hydrogen (secondary N) is 1. The Labute approximate surface area is 117 Å². The van der Waals surface area contributed by atoms with Gasteiger partial charge in [0, 0.05) is 31.6 Å². The molecule has 0 bridgehead atoms. The van der Waals surface area contributed by atoms with Crippen LogP contribution in [0, 0.1) is 5.92 Å². The number of aliphatic hydroxyl groups is 1. The molecule has 108 valence electrons. The molecule has 1 unspecified atom stereocenters. The van der Waals surface area contributed by atoms with Gasteiger partial charge in [0.1, 0.15) is 0 Å². The minimum absolute atomic E-state index is 0.321. The van der Waals surface area contributed by atoms with E-state index in [-0.39, 0.29) is 0 Å². The van der Waals surface area contributed by atoms with Crippen molar-refractivity contribution in [2.75, 3.05) is 13.2 Å². The molecule has 1 heterocycles. The summed E-state index contributed by atoms with van der Waals surface area (Å²) in [5, 5.41) is 12.5. The molecule has 2 N–H and O–H groups in total. The van der Waals surface area contributed by atoms with Crippen molar-refractivity contribution in [3.63, 3.8) is 0 Å². The zero-order valence-electron chi connectivity index (χ0n) is 12.1. The van der Waals surface area contributed by atoms with Crippen molar-refractivity contribution in [3.05, 3.63) is 24.0 Å². The van der Waals surface area contributed by atoms with Crippen LogP contribution in [0.15, 0.2) is 18.5 Å². The molecular weight excluding hydrogens is 236 g/mol. The predicted octanol–water partition coefficient (Wildman–Crippen LogP) is 3.10. The Morgan fingerprint density at radius 1 is 1.37 bits per heavy atom. The summed E-state index contributed by atoms with van der Waals surface area (Å²) < 4.78 is 2.30. The van der Waals surface area contributed by atoms with Gasteiger partial charge in [0.15, 0.2) is 0 Å². The lowest BCUT2D eigenvalue weighted by Gasteiger charge is -2.16. The van der Waals surface area contributed by atoms with E-state index < -0.39 is 0 Å². The summed E-state index contributed by atoms with van der Waals surface area (Å²) >= 11 is 0. The molecule has 1 aliphatic carbocycles. The van der Waals surface area contributed by atoms with Crippen molar-refractivity contribution in [1.29, 1.82) is 0 Å². The lowest BCUT2D eigenvalue weighted by atomic mass is 10.1. The summed E-state index contributed by atoms with van der Waals surface area (Å²) in [4.78, 5) is 0. The van der Waals surface area contributed by atoms with Gasteiger partial charge in [-0.05, 0) is 62.6 Å². The average molecular weight is 264 g/mol. The first-order valence-corrected chi connectivity index (χ1v) is 7.85. The molecule has 1 fully saturated rings. The second kappa shape index (κ2) is 7.71. The number of hydrogen-bond donors (Lipinski definition) is 2. The largest absolute Gasteiger partial charge is 0.396 e. The molecule has 1 aliphatic rings. The van der Waals surface area contributed by atoms with Crippen molar-refractivity contribution in [2.45, 2.75) is 58.0 Å². The quantitative estimate of drug-likeness (QED) is 0.637. The summed E-state index contributed by atoms with van der Waals surface area (Å²) in [7, 11) is 0. The molecule has 0 radical (unpaired) electrons. The van der Waals surface area contributed by atoms with Crippen LogP contribution in [0.5, 0.6) is 0 Å². The van der Waals surface area contributed by atoms with E-state index in [0.29, 0.717) is 12.6 Å². The molecule has 0 aromatic carbocycles. The second-order valence-electron chi connectivity index (χ2n) is 5.74. The maximum absolute atomic E-state index is 8.78. The number of aryl methyl sites for hydroxylation is 1. The van der Waals surface area contributed by atoms with E-state index in [0.717, 1.165) is 38.3 Å². The molecule has 0 aliphatic heterocycles. The van der Waals surface area contributed by atoms with Crippen LogP contribution in [0.3, 0.4) is 0 Å². The summed E-state index contributed by atoms with van der Waals surface area (Å²) in [6.07, 6.45) is 11.7. The Morgan fingerprint density at radius 3 is 2.89 bits per heavy atom. The number of unbranched alkanes of at least 4 members (excludes halogenated alkanes) is 2. The van der Waals surface area contributed by atoms with Crippen LogP contribution in [-0.4, -0.2) is 22.8 Å². The van der Waals surface area contributed by atoms with Gasteiger partial charge in [-0.15, -0.1) is 0 Å². The summed E-state index contributed by atoms with van der Waals surface area (Å²) in [6.45, 7) is 4.74. The number of aliphatic hydroxyl groups excluding tert-OH is 1. The van der Waals surface area contributed by atoms with E-state index in [4.69, 9.17) is 5.11 Å². The fraction of sp³-hybridized carbons (Fsp3) is 0.750. The standard InChI is InChI=1S/C16H28N2O/c1-2-9-17-16(14-6-7-14)15-8-11-18(13-15)10-4-3-5-12-19/h8,11,13-14,16-17,19H,2-7,9-10,12H2,1H3. The SMILES string of the molecule is CCCNC(c1ccn(CCCCCO)c1)C1CC1. The van der Waals surface area contributed by atoms with Crippen molar-refractivity contribution in [2.24, 2.45) is 5.92 Å². The van der Waals surface area contributed by atoms with E-state index in [1.807, 2.05) is 0 Å². The maximum atomic E-state index is 8.78. The van der Waals surface area contributed by atoms with Crippen LogP contribution in [0.25, 0.3) is 0 Å². The molecule has 1 aromatic heterocycles. The van der Waals surface area contributed by atoms with Gasteiger partial charge in [0.2, 0.25) is 0 Å². The highest BCUT2D eigenvalue weighted by Crippen LogP contribution is 2.41. The molecule has 1 saturated carbocycles. The Kier molecular flexibility index (Phi) is 5.93. The van der Waals surface area contributed by atoms with E-state index in [1.54, 1.807) is 0 Å². The first-order valence-electron chi connectivity index (χ1n) is 7.85. The van der Waals surface area contributed by atoms with Gasteiger partial charge in [0.05, 0.1) is 0 Å². The zero-order chi connectivity index (χ0) is 13.5. The number of hydrogen-bond acceptors (Lipinski definition) is 2. The smallest absolute Gasteiger partial charge is 0.0431 e. The normalized spacial score (nSPS) is 16.7. The van der Waals surface area contributed by atoms with Crippen molar-refractivity contribution >= 4 is 0 Å². The molecular formula is C16H28N2O. The molecule has 2 rings (SSSR count). The molecule has 19 heavy (non-hydrogen) atoms. The molecule has 0 saturated heterocycles. The number of aromatic nitrogens is 1. The third kappa shape index (κ3) is 4.66. The fourth-order valence-electron chi connectivity index (χ4n) is 2.65. The van der Waals surface area contributed by atoms with Gasteiger partial charge in [-0.25, -0.2) is 0 Å². The average Bonchev–Trinajstić information content (AvgIpc) is 3.15. The van der Waals surface area contributed by atoms with Crippen molar-refractivity contribution < 1.29 is 5.11 Å². The lowest BCUT2D eigenvalue weighted by Crippen LogP contribution is -2.23. The summed E-state index contributed by atoms with van der Waals surface area (Å²) in [6, 6.07) is 2.84. The van der Waals surface area contributed by atoms with Gasteiger partial charge >= 0.3 is 0 Å². The molecule has 0 spiro atoms. The molecule has 1 aromatic rings. The van der Waals surface area contributed by atoms with Gasteiger partial charge in [0.25, 0.3) is 0 Å². The Balaban J connectivity index is 1.83. The third-order valence-electron chi connectivity index (χ3n) is 3.91. The van der Waals surface area contributed by atoms with Crippen LogP contribution in [0.1, 0.15) is 57.1 Å². The molecule has 3 heteroatoms. The minimum Gasteiger partial charge on any atom is -0.396 e. The van der Waals surface area contributed by atoms with Crippen LogP contribution in [0.4, 0.5) is 0 Å². The van der Waals surface area contributed by atoms with Crippen molar-refractivity contribution in [3.8, 4) is 0 Å². The Bertz CT molecular complexity index is 357. The van der Waals surface area contributed by atoms with Gasteiger partial charge in [-0.1, -0.05) is 6.92 Å². The highest BCUT2D eigenvalue weighted by molar-refractivity contribution is 5.18. The third-order valence-corrected chi connectivity index (χ3v) is 3.91. The van der Waals surface area contributed by atoms with Gasteiger partial charge in [-0.2, -0.15) is 0 Å². The first kappa shape index (κ1) is 14.6. The Hall–Kier alpha value is -0.800. The minimum atomic E-state index is 0.321. The summed E-state index contributed by atoms with van der Waals surface area (Å²) in [5.74, 6) is 0.858. The Morgan fingerprint density at radius 2 is 2.21 bits per heavy atom. The van der Waals surface area contributed by atoms with Gasteiger partial charge < -0.3 is 15.0 Å². The monoisotopic (exact) mass is 264 g/mol. The predicted molar refractivity (Wildman–Crippen MR) is 79.1 cm³/mol. The van der Waals surface area contributed by atoms with E-state index in [1.165, 1.54) is 24.8 Å². The highest BCUT2D eigenvalue weighted by atomic mass is 16.2. The first-order chi connectivity index (χ1) is 9.35. The number of nitrogens with zero attached hydrogens (tertiary/aromatic N) is 1.